The van der Waals surface area contributed by atoms with Crippen LogP contribution in [-0.4, -0.2) is 48.3 Å². The van der Waals surface area contributed by atoms with Crippen molar-refractivity contribution in [2.75, 3.05) is 18.5 Å². The van der Waals surface area contributed by atoms with E-state index in [1.165, 1.54) is 18.4 Å². The Hall–Kier alpha value is -1.59. The molecule has 3 aliphatic heterocycles. The van der Waals surface area contributed by atoms with E-state index in [0.29, 0.717) is 18.1 Å². The number of amides is 2. The van der Waals surface area contributed by atoms with E-state index in [0.717, 1.165) is 44.6 Å². The average Bonchev–Trinajstić information content (AvgIpc) is 2.93. The van der Waals surface area contributed by atoms with E-state index in [1.54, 1.807) is 0 Å². The molecule has 0 aromatic heterocycles. The number of piperidine rings is 1. The molecule has 3 aliphatic rings. The zero-order chi connectivity index (χ0) is 19.7. The van der Waals surface area contributed by atoms with Gasteiger partial charge in [-0.05, 0) is 61.6 Å². The second kappa shape index (κ2) is 8.03. The first-order valence-corrected chi connectivity index (χ1v) is 10.9. The van der Waals surface area contributed by atoms with Crippen molar-refractivity contribution >= 4 is 11.7 Å². The lowest BCUT2D eigenvalue weighted by Crippen LogP contribution is -2.55. The first-order valence-electron chi connectivity index (χ1n) is 10.9. The molecular formula is C23H35N3O2. The van der Waals surface area contributed by atoms with Crippen LogP contribution in [0.2, 0.25) is 0 Å². The monoisotopic (exact) mass is 385 g/mol. The van der Waals surface area contributed by atoms with Crippen molar-refractivity contribution in [3.63, 3.8) is 0 Å². The Balaban J connectivity index is 1.30. The minimum atomic E-state index is -0.0765. The predicted molar refractivity (Wildman–Crippen MR) is 113 cm³/mol. The standard InChI is InChI=1S/C23H35N3O2/c1-23(2,3)16-4-6-17(7-5-16)24-22(27)25-18-14-20-8-9-21(15-18)26(20)19-10-12-28-13-11-19/h4-7,18-21H,8-15H2,1-3H3,(H2,24,25,27). The predicted octanol–water partition coefficient (Wildman–Crippen LogP) is 4.28. The van der Waals surface area contributed by atoms with E-state index in [9.17, 15) is 4.79 Å². The third-order valence-corrected chi connectivity index (χ3v) is 6.75. The Kier molecular flexibility index (Phi) is 5.66. The highest BCUT2D eigenvalue weighted by Gasteiger charge is 2.44. The highest BCUT2D eigenvalue weighted by atomic mass is 16.5. The van der Waals surface area contributed by atoms with Crippen molar-refractivity contribution in [2.24, 2.45) is 0 Å². The molecule has 0 saturated carbocycles. The third-order valence-electron chi connectivity index (χ3n) is 6.75. The molecule has 1 aromatic rings. The smallest absolute Gasteiger partial charge is 0.319 e. The molecule has 2 N–H and O–H groups in total. The molecule has 2 unspecified atom stereocenters. The van der Waals surface area contributed by atoms with Crippen LogP contribution < -0.4 is 10.6 Å². The molecule has 2 bridgehead atoms. The molecular weight excluding hydrogens is 350 g/mol. The zero-order valence-corrected chi connectivity index (χ0v) is 17.5. The van der Waals surface area contributed by atoms with Gasteiger partial charge in [0.15, 0.2) is 0 Å². The number of nitrogens with one attached hydrogen (secondary N) is 2. The lowest BCUT2D eigenvalue weighted by Gasteiger charge is -2.45. The van der Waals surface area contributed by atoms with Crippen LogP contribution in [0.4, 0.5) is 10.5 Å². The van der Waals surface area contributed by atoms with E-state index < -0.39 is 0 Å². The van der Waals surface area contributed by atoms with Crippen molar-refractivity contribution in [3.8, 4) is 0 Å². The number of nitrogens with zero attached hydrogens (tertiary/aromatic N) is 1. The van der Waals surface area contributed by atoms with Crippen molar-refractivity contribution in [1.29, 1.82) is 0 Å². The molecule has 3 saturated heterocycles. The molecule has 2 amide bonds. The van der Waals surface area contributed by atoms with Crippen LogP contribution in [0.15, 0.2) is 24.3 Å². The number of rotatable bonds is 3. The molecule has 28 heavy (non-hydrogen) atoms. The first kappa shape index (κ1) is 19.7. The lowest BCUT2D eigenvalue weighted by atomic mass is 9.87. The van der Waals surface area contributed by atoms with Crippen LogP contribution in [0.3, 0.4) is 0 Å². The zero-order valence-electron chi connectivity index (χ0n) is 17.5. The topological polar surface area (TPSA) is 53.6 Å². The maximum Gasteiger partial charge on any atom is 0.319 e. The van der Waals surface area contributed by atoms with Crippen LogP contribution in [0.1, 0.15) is 64.9 Å². The molecule has 1 aromatic carbocycles. The number of fused-ring (bicyclic) bond motifs is 2. The fourth-order valence-corrected chi connectivity index (χ4v) is 5.32. The molecule has 5 nitrogen and oxygen atoms in total. The van der Waals surface area contributed by atoms with Crippen molar-refractivity contribution in [1.82, 2.24) is 10.2 Å². The van der Waals surface area contributed by atoms with E-state index in [2.05, 4.69) is 48.4 Å². The molecule has 154 valence electrons. The summed E-state index contributed by atoms with van der Waals surface area (Å²) in [6, 6.07) is 10.3. The van der Waals surface area contributed by atoms with Gasteiger partial charge in [0.1, 0.15) is 0 Å². The maximum absolute atomic E-state index is 12.5. The Labute approximate surface area is 169 Å². The highest BCUT2D eigenvalue weighted by molar-refractivity contribution is 5.89. The fraction of sp³-hybridized carbons (Fsp3) is 0.696. The summed E-state index contributed by atoms with van der Waals surface area (Å²) in [6.07, 6.45) is 7.02. The van der Waals surface area contributed by atoms with Crippen LogP contribution >= 0.6 is 0 Å². The second-order valence-electron chi connectivity index (χ2n) is 9.77. The summed E-state index contributed by atoms with van der Waals surface area (Å²) in [7, 11) is 0. The Morgan fingerprint density at radius 1 is 0.964 bits per heavy atom. The first-order chi connectivity index (χ1) is 13.4. The van der Waals surface area contributed by atoms with Gasteiger partial charge in [-0.1, -0.05) is 32.9 Å². The van der Waals surface area contributed by atoms with Gasteiger partial charge >= 0.3 is 6.03 Å². The molecule has 2 atom stereocenters. The maximum atomic E-state index is 12.5. The number of urea groups is 1. The van der Waals surface area contributed by atoms with Gasteiger partial charge in [0.2, 0.25) is 0 Å². The summed E-state index contributed by atoms with van der Waals surface area (Å²) in [5.74, 6) is 0. The molecule has 3 heterocycles. The molecule has 4 rings (SSSR count). The van der Waals surface area contributed by atoms with Gasteiger partial charge < -0.3 is 15.4 Å². The summed E-state index contributed by atoms with van der Waals surface area (Å²) in [5.41, 5.74) is 2.25. The molecule has 0 radical (unpaired) electrons. The minimum Gasteiger partial charge on any atom is -0.381 e. The van der Waals surface area contributed by atoms with Crippen molar-refractivity contribution < 1.29 is 9.53 Å². The number of carbonyl (C=O) groups excluding carboxylic acids is 1. The summed E-state index contributed by atoms with van der Waals surface area (Å²) >= 11 is 0. The summed E-state index contributed by atoms with van der Waals surface area (Å²) in [4.78, 5) is 15.3. The summed E-state index contributed by atoms with van der Waals surface area (Å²) in [5, 5.41) is 6.25. The number of carbonyl (C=O) groups is 1. The van der Waals surface area contributed by atoms with Crippen LogP contribution in [-0.2, 0) is 10.2 Å². The number of hydrogen-bond donors (Lipinski definition) is 2. The van der Waals surface area contributed by atoms with E-state index in [4.69, 9.17) is 4.74 Å². The summed E-state index contributed by atoms with van der Waals surface area (Å²) < 4.78 is 5.55. The SMILES string of the molecule is CC(C)(C)c1ccc(NC(=O)NC2CC3CCC(C2)N3C2CCOCC2)cc1. The van der Waals surface area contributed by atoms with Crippen LogP contribution in [0.25, 0.3) is 0 Å². The summed E-state index contributed by atoms with van der Waals surface area (Å²) in [6.45, 7) is 8.40. The van der Waals surface area contributed by atoms with E-state index >= 15 is 0 Å². The third kappa shape index (κ3) is 4.36. The quantitative estimate of drug-likeness (QED) is 0.816. The van der Waals surface area contributed by atoms with Gasteiger partial charge in [-0.25, -0.2) is 4.79 Å². The van der Waals surface area contributed by atoms with Gasteiger partial charge in [-0.3, -0.25) is 4.90 Å². The number of hydrogen-bond acceptors (Lipinski definition) is 3. The minimum absolute atomic E-state index is 0.0765. The van der Waals surface area contributed by atoms with E-state index in [1.807, 2.05) is 12.1 Å². The average molecular weight is 386 g/mol. The highest BCUT2D eigenvalue weighted by Crippen LogP contribution is 2.39. The number of benzene rings is 1. The van der Waals surface area contributed by atoms with Gasteiger partial charge in [0, 0.05) is 43.1 Å². The molecule has 0 spiro atoms. The Morgan fingerprint density at radius 2 is 1.57 bits per heavy atom. The van der Waals surface area contributed by atoms with Gasteiger partial charge in [0.25, 0.3) is 0 Å². The largest absolute Gasteiger partial charge is 0.381 e. The second-order valence-corrected chi connectivity index (χ2v) is 9.77. The normalized spacial score (nSPS) is 28.9. The van der Waals surface area contributed by atoms with Gasteiger partial charge in [0.05, 0.1) is 0 Å². The Morgan fingerprint density at radius 3 is 2.14 bits per heavy atom. The molecule has 3 fully saturated rings. The number of anilines is 1. The fourth-order valence-electron chi connectivity index (χ4n) is 5.32. The molecule has 5 heteroatoms. The van der Waals surface area contributed by atoms with E-state index in [-0.39, 0.29) is 17.5 Å². The lowest BCUT2D eigenvalue weighted by molar-refractivity contribution is -0.00401. The van der Waals surface area contributed by atoms with Crippen molar-refractivity contribution in [2.45, 2.75) is 88.9 Å². The Bertz CT molecular complexity index is 662. The van der Waals surface area contributed by atoms with Crippen LogP contribution in [0, 0.1) is 0 Å². The van der Waals surface area contributed by atoms with Gasteiger partial charge in [-0.15, -0.1) is 0 Å². The molecule has 0 aliphatic carbocycles. The number of ether oxygens (including phenoxy) is 1. The van der Waals surface area contributed by atoms with Gasteiger partial charge in [-0.2, -0.15) is 0 Å². The van der Waals surface area contributed by atoms with Crippen LogP contribution in [0.5, 0.6) is 0 Å². The van der Waals surface area contributed by atoms with Crippen molar-refractivity contribution in [3.05, 3.63) is 29.8 Å².